The third kappa shape index (κ3) is 6.39. The van der Waals surface area contributed by atoms with Crippen molar-refractivity contribution in [3.05, 3.63) is 82.6 Å². The van der Waals surface area contributed by atoms with Crippen molar-refractivity contribution in [1.82, 2.24) is 9.88 Å². The minimum Gasteiger partial charge on any atom is -0.493 e. The molecule has 0 unspecified atom stereocenters. The van der Waals surface area contributed by atoms with Crippen LogP contribution in [0.3, 0.4) is 0 Å². The lowest BCUT2D eigenvalue weighted by Gasteiger charge is -2.36. The number of nitrogens with two attached hydrogens (primary N) is 1. The fraction of sp³-hybridized carbons (Fsp3) is 0.321. The van der Waals surface area contributed by atoms with E-state index in [2.05, 4.69) is 10.3 Å². The number of rotatable bonds is 8. The molecular weight excluding hydrogens is 492 g/mol. The van der Waals surface area contributed by atoms with Crippen LogP contribution in [0.1, 0.15) is 52.0 Å². The second-order valence-electron chi connectivity index (χ2n) is 9.07. The number of hydrogen-bond donors (Lipinski definition) is 2. The van der Waals surface area contributed by atoms with Crippen molar-refractivity contribution in [2.75, 3.05) is 19.5 Å². The van der Waals surface area contributed by atoms with Crippen molar-refractivity contribution < 1.29 is 19.1 Å². The van der Waals surface area contributed by atoms with Crippen LogP contribution in [0.2, 0.25) is 5.02 Å². The van der Waals surface area contributed by atoms with E-state index in [1.807, 2.05) is 11.0 Å². The van der Waals surface area contributed by atoms with E-state index in [1.165, 1.54) is 7.11 Å². The third-order valence-electron chi connectivity index (χ3n) is 6.66. The summed E-state index contributed by atoms with van der Waals surface area (Å²) in [7, 11) is 3.09. The molecule has 1 saturated carbocycles. The summed E-state index contributed by atoms with van der Waals surface area (Å²) in [5.41, 5.74) is 8.46. The minimum absolute atomic E-state index is 0.00605. The molecule has 0 spiro atoms. The second kappa shape index (κ2) is 12.1. The number of amides is 2. The SMILES string of the molecule is COc1ccc(C(=O)N(Cc2cc(NC(=O)c3ccncc3)ccc2Cl)C2CCC(N)CC2)cc1OC. The monoisotopic (exact) mass is 522 g/mol. The highest BCUT2D eigenvalue weighted by Gasteiger charge is 2.29. The molecule has 9 heteroatoms. The van der Waals surface area contributed by atoms with Gasteiger partial charge in [0.1, 0.15) is 0 Å². The fourth-order valence-corrected chi connectivity index (χ4v) is 4.76. The van der Waals surface area contributed by atoms with E-state index in [4.69, 9.17) is 26.8 Å². The lowest BCUT2D eigenvalue weighted by Crippen LogP contribution is -2.44. The van der Waals surface area contributed by atoms with Gasteiger partial charge in [-0.05, 0) is 79.8 Å². The first kappa shape index (κ1) is 26.4. The lowest BCUT2D eigenvalue weighted by atomic mass is 9.90. The summed E-state index contributed by atoms with van der Waals surface area (Å²) < 4.78 is 10.7. The summed E-state index contributed by atoms with van der Waals surface area (Å²) in [6.45, 7) is 0.283. The predicted molar refractivity (Wildman–Crippen MR) is 143 cm³/mol. The molecule has 1 fully saturated rings. The normalized spacial score (nSPS) is 17.1. The average Bonchev–Trinajstić information content (AvgIpc) is 2.93. The summed E-state index contributed by atoms with van der Waals surface area (Å²) in [6.07, 6.45) is 6.42. The van der Waals surface area contributed by atoms with E-state index in [0.29, 0.717) is 33.3 Å². The number of halogens is 1. The number of anilines is 1. The van der Waals surface area contributed by atoms with Crippen LogP contribution in [0.4, 0.5) is 5.69 Å². The molecule has 0 aliphatic heterocycles. The second-order valence-corrected chi connectivity index (χ2v) is 9.47. The fourth-order valence-electron chi connectivity index (χ4n) is 4.58. The van der Waals surface area contributed by atoms with Crippen molar-refractivity contribution >= 4 is 29.1 Å². The van der Waals surface area contributed by atoms with Crippen LogP contribution >= 0.6 is 11.6 Å². The summed E-state index contributed by atoms with van der Waals surface area (Å²) in [5, 5.41) is 3.41. The Bertz CT molecular complexity index is 1250. The number of methoxy groups -OCH3 is 2. The zero-order valence-corrected chi connectivity index (χ0v) is 21.7. The zero-order valence-electron chi connectivity index (χ0n) is 20.9. The molecular formula is C28H31ClN4O4. The Morgan fingerprint density at radius 3 is 2.35 bits per heavy atom. The largest absolute Gasteiger partial charge is 0.493 e. The number of carbonyl (C=O) groups excluding carboxylic acids is 2. The molecule has 0 atom stereocenters. The Morgan fingerprint density at radius 1 is 0.973 bits per heavy atom. The molecule has 1 heterocycles. The van der Waals surface area contributed by atoms with Crippen molar-refractivity contribution in [3.63, 3.8) is 0 Å². The molecule has 2 aromatic carbocycles. The van der Waals surface area contributed by atoms with Gasteiger partial charge in [0, 0.05) is 52.9 Å². The van der Waals surface area contributed by atoms with Crippen LogP contribution in [-0.4, -0.2) is 48.0 Å². The van der Waals surface area contributed by atoms with Crippen LogP contribution in [0.15, 0.2) is 60.9 Å². The van der Waals surface area contributed by atoms with Gasteiger partial charge in [-0.2, -0.15) is 0 Å². The lowest BCUT2D eigenvalue weighted by molar-refractivity contribution is 0.0606. The summed E-state index contributed by atoms with van der Waals surface area (Å²) in [5.74, 6) is 0.645. The quantitative estimate of drug-likeness (QED) is 0.435. The third-order valence-corrected chi connectivity index (χ3v) is 7.03. The summed E-state index contributed by atoms with van der Waals surface area (Å²) in [4.78, 5) is 32.3. The van der Waals surface area contributed by atoms with Crippen LogP contribution in [0.25, 0.3) is 0 Å². The molecule has 1 aromatic heterocycles. The number of benzene rings is 2. The van der Waals surface area contributed by atoms with E-state index in [0.717, 1.165) is 31.2 Å². The van der Waals surface area contributed by atoms with Crippen molar-refractivity contribution in [1.29, 1.82) is 0 Å². The molecule has 3 N–H and O–H groups in total. The van der Waals surface area contributed by atoms with Gasteiger partial charge in [-0.3, -0.25) is 14.6 Å². The first-order valence-corrected chi connectivity index (χ1v) is 12.6. The van der Waals surface area contributed by atoms with Crippen LogP contribution in [0, 0.1) is 0 Å². The van der Waals surface area contributed by atoms with Crippen LogP contribution in [0.5, 0.6) is 11.5 Å². The van der Waals surface area contributed by atoms with Gasteiger partial charge in [-0.1, -0.05) is 11.6 Å². The van der Waals surface area contributed by atoms with Gasteiger partial charge in [0.2, 0.25) is 0 Å². The van der Waals surface area contributed by atoms with Gasteiger partial charge in [0.05, 0.1) is 14.2 Å². The van der Waals surface area contributed by atoms with Crippen LogP contribution in [-0.2, 0) is 6.54 Å². The number of nitrogens with zero attached hydrogens (tertiary/aromatic N) is 2. The van der Waals surface area contributed by atoms with E-state index in [-0.39, 0.29) is 30.4 Å². The number of nitrogens with one attached hydrogen (secondary N) is 1. The number of ether oxygens (including phenoxy) is 2. The van der Waals surface area contributed by atoms with Crippen molar-refractivity contribution in [2.24, 2.45) is 5.73 Å². The zero-order chi connectivity index (χ0) is 26.4. The Kier molecular flexibility index (Phi) is 8.63. The highest BCUT2D eigenvalue weighted by Crippen LogP contribution is 2.32. The molecule has 4 rings (SSSR count). The van der Waals surface area contributed by atoms with Gasteiger partial charge in [-0.15, -0.1) is 0 Å². The average molecular weight is 523 g/mol. The maximum Gasteiger partial charge on any atom is 0.255 e. The topological polar surface area (TPSA) is 107 Å². The summed E-state index contributed by atoms with van der Waals surface area (Å²) >= 11 is 6.58. The molecule has 0 bridgehead atoms. The summed E-state index contributed by atoms with van der Waals surface area (Å²) in [6, 6.07) is 13.9. The Hall–Kier alpha value is -3.62. The molecule has 8 nitrogen and oxygen atoms in total. The van der Waals surface area contributed by atoms with E-state index < -0.39 is 0 Å². The Morgan fingerprint density at radius 2 is 1.68 bits per heavy atom. The maximum absolute atomic E-state index is 13.8. The number of carbonyl (C=O) groups is 2. The molecule has 2 amide bonds. The molecule has 0 saturated heterocycles. The standard InChI is InChI=1S/C28H31ClN4O4/c1-36-25-10-3-19(16-26(25)37-2)28(35)33(23-7-4-21(30)5-8-23)17-20-15-22(6-9-24(20)29)32-27(34)18-11-13-31-14-12-18/h3,6,9-16,21,23H,4-5,7-8,17,30H2,1-2H3,(H,32,34). The highest BCUT2D eigenvalue weighted by molar-refractivity contribution is 6.31. The van der Waals surface area contributed by atoms with E-state index in [9.17, 15) is 9.59 Å². The number of hydrogen-bond acceptors (Lipinski definition) is 6. The molecule has 194 valence electrons. The van der Waals surface area contributed by atoms with Gasteiger partial charge in [0.15, 0.2) is 11.5 Å². The van der Waals surface area contributed by atoms with Crippen molar-refractivity contribution in [3.8, 4) is 11.5 Å². The molecule has 0 radical (unpaired) electrons. The molecule has 1 aliphatic rings. The van der Waals surface area contributed by atoms with E-state index >= 15 is 0 Å². The van der Waals surface area contributed by atoms with Crippen LogP contribution < -0.4 is 20.5 Å². The van der Waals surface area contributed by atoms with Gasteiger partial charge < -0.3 is 25.4 Å². The molecule has 37 heavy (non-hydrogen) atoms. The highest BCUT2D eigenvalue weighted by atomic mass is 35.5. The molecule has 3 aromatic rings. The van der Waals surface area contributed by atoms with Gasteiger partial charge >= 0.3 is 0 Å². The Labute approximate surface area is 221 Å². The molecule has 1 aliphatic carbocycles. The first-order chi connectivity index (χ1) is 17.9. The van der Waals surface area contributed by atoms with Gasteiger partial charge in [0.25, 0.3) is 11.8 Å². The smallest absolute Gasteiger partial charge is 0.255 e. The van der Waals surface area contributed by atoms with E-state index in [1.54, 1.807) is 62.0 Å². The van der Waals surface area contributed by atoms with Gasteiger partial charge in [-0.25, -0.2) is 0 Å². The number of aromatic nitrogens is 1. The first-order valence-electron chi connectivity index (χ1n) is 12.2. The maximum atomic E-state index is 13.8. The number of pyridine rings is 1. The Balaban J connectivity index is 1.62. The predicted octanol–water partition coefficient (Wildman–Crippen LogP) is 4.92. The minimum atomic E-state index is -0.254. The van der Waals surface area contributed by atoms with Crippen molar-refractivity contribution in [2.45, 2.75) is 44.3 Å².